The first-order valence-electron chi connectivity index (χ1n) is 12.0. The van der Waals surface area contributed by atoms with Crippen LogP contribution in [0.3, 0.4) is 0 Å². The lowest BCUT2D eigenvalue weighted by Gasteiger charge is -2.37. The molecule has 2 heterocycles. The number of esters is 1. The molecular formula is C26H35FN2O4. The number of amides is 1. The van der Waals surface area contributed by atoms with E-state index in [2.05, 4.69) is 4.90 Å². The van der Waals surface area contributed by atoms with Crippen LogP contribution in [0.2, 0.25) is 0 Å². The molecule has 0 radical (unpaired) electrons. The van der Waals surface area contributed by atoms with Gasteiger partial charge in [-0.25, -0.2) is 14.0 Å². The number of carbonyl (C=O) groups is 2. The molecule has 0 aromatic heterocycles. The highest BCUT2D eigenvalue weighted by atomic mass is 19.1. The van der Waals surface area contributed by atoms with Crippen LogP contribution in [-0.4, -0.2) is 54.8 Å². The maximum absolute atomic E-state index is 15.6. The van der Waals surface area contributed by atoms with Gasteiger partial charge in [-0.05, 0) is 83.9 Å². The Morgan fingerprint density at radius 1 is 1.21 bits per heavy atom. The molecule has 2 saturated heterocycles. The van der Waals surface area contributed by atoms with Crippen molar-refractivity contribution in [1.29, 1.82) is 0 Å². The molecular weight excluding hydrogens is 423 g/mol. The number of rotatable bonds is 3. The van der Waals surface area contributed by atoms with Gasteiger partial charge in [0.1, 0.15) is 11.4 Å². The second kappa shape index (κ2) is 8.65. The number of benzene rings is 1. The fourth-order valence-electron chi connectivity index (χ4n) is 5.49. The summed E-state index contributed by atoms with van der Waals surface area (Å²) >= 11 is 0. The predicted molar refractivity (Wildman–Crippen MR) is 126 cm³/mol. The third-order valence-corrected chi connectivity index (χ3v) is 7.04. The Hall–Kier alpha value is -2.57. The van der Waals surface area contributed by atoms with Crippen LogP contribution in [0.1, 0.15) is 75.9 Å². The van der Waals surface area contributed by atoms with E-state index < -0.39 is 17.4 Å². The van der Waals surface area contributed by atoms with E-state index in [0.29, 0.717) is 37.3 Å². The number of piperidine rings is 1. The zero-order chi connectivity index (χ0) is 24.1. The maximum Gasteiger partial charge on any atom is 0.410 e. The van der Waals surface area contributed by atoms with Gasteiger partial charge < -0.3 is 19.3 Å². The number of ether oxygens (including phenoxy) is 2. The molecule has 1 aliphatic carbocycles. The number of allylic oxidation sites excluding steroid dienone is 2. The summed E-state index contributed by atoms with van der Waals surface area (Å²) in [4.78, 5) is 29.3. The standard InChI is InChI=1S/C26H35FN2O4/c1-7-32-24(30)19-12-20(27)23(22-16(3)15(2)11-18(19)22)28-13-17-9-8-10-29(21(17)14-28)25(31)33-26(4,5)6/h12,17,21H,7-11,13-14H2,1-6H3. The van der Waals surface area contributed by atoms with Crippen molar-refractivity contribution in [2.45, 2.75) is 72.4 Å². The maximum atomic E-state index is 15.6. The number of fused-ring (bicyclic) bond motifs is 2. The molecule has 4 rings (SSSR count). The number of carbonyl (C=O) groups excluding carboxylic acids is 2. The van der Waals surface area contributed by atoms with Crippen LogP contribution in [-0.2, 0) is 15.9 Å². The normalized spacial score (nSPS) is 22.4. The summed E-state index contributed by atoms with van der Waals surface area (Å²) < 4.78 is 26.5. The van der Waals surface area contributed by atoms with E-state index in [1.54, 1.807) is 6.92 Å². The summed E-state index contributed by atoms with van der Waals surface area (Å²) in [6.45, 7) is 13.5. The third-order valence-electron chi connectivity index (χ3n) is 7.04. The third kappa shape index (κ3) is 4.34. The molecule has 3 aliphatic rings. The van der Waals surface area contributed by atoms with Crippen LogP contribution >= 0.6 is 0 Å². The molecule has 6 nitrogen and oxygen atoms in total. The number of likely N-dealkylation sites (tertiary alicyclic amines) is 1. The molecule has 180 valence electrons. The number of nitrogens with zero attached hydrogens (tertiary/aromatic N) is 2. The smallest absolute Gasteiger partial charge is 0.410 e. The van der Waals surface area contributed by atoms with Gasteiger partial charge in [-0.15, -0.1) is 0 Å². The van der Waals surface area contributed by atoms with Crippen molar-refractivity contribution in [3.05, 3.63) is 34.1 Å². The monoisotopic (exact) mass is 458 g/mol. The summed E-state index contributed by atoms with van der Waals surface area (Å²) in [6.07, 6.45) is 2.23. The minimum Gasteiger partial charge on any atom is -0.462 e. The van der Waals surface area contributed by atoms with Crippen LogP contribution in [0.4, 0.5) is 14.9 Å². The first-order chi connectivity index (χ1) is 15.5. The Balaban J connectivity index is 1.69. The minimum absolute atomic E-state index is 0.0137. The van der Waals surface area contributed by atoms with E-state index in [1.807, 2.05) is 39.5 Å². The predicted octanol–water partition coefficient (Wildman–Crippen LogP) is 5.19. The molecule has 0 N–H and O–H groups in total. The molecule has 0 spiro atoms. The van der Waals surface area contributed by atoms with Gasteiger partial charge in [0.2, 0.25) is 0 Å². The van der Waals surface area contributed by atoms with E-state index in [4.69, 9.17) is 9.47 Å². The Bertz CT molecular complexity index is 1010. The second-order valence-corrected chi connectivity index (χ2v) is 10.5. The molecule has 0 bridgehead atoms. The van der Waals surface area contributed by atoms with Gasteiger partial charge in [0.05, 0.1) is 23.9 Å². The Morgan fingerprint density at radius 3 is 2.61 bits per heavy atom. The summed E-state index contributed by atoms with van der Waals surface area (Å²) in [5, 5.41) is 0. The molecule has 33 heavy (non-hydrogen) atoms. The topological polar surface area (TPSA) is 59.1 Å². The summed E-state index contributed by atoms with van der Waals surface area (Å²) in [5.74, 6) is -0.626. The van der Waals surface area contributed by atoms with Crippen molar-refractivity contribution in [3.8, 4) is 0 Å². The highest BCUT2D eigenvalue weighted by Gasteiger charge is 2.44. The number of halogens is 1. The van der Waals surface area contributed by atoms with Gasteiger partial charge in [0.25, 0.3) is 0 Å². The Labute approximate surface area is 195 Å². The van der Waals surface area contributed by atoms with E-state index in [9.17, 15) is 9.59 Å². The largest absolute Gasteiger partial charge is 0.462 e. The lowest BCUT2D eigenvalue weighted by Crippen LogP contribution is -2.50. The highest BCUT2D eigenvalue weighted by molar-refractivity contribution is 5.97. The van der Waals surface area contributed by atoms with E-state index in [-0.39, 0.29) is 24.7 Å². The van der Waals surface area contributed by atoms with Crippen molar-refractivity contribution in [2.75, 3.05) is 31.1 Å². The fraction of sp³-hybridized carbons (Fsp3) is 0.615. The van der Waals surface area contributed by atoms with Gasteiger partial charge in [0, 0.05) is 25.2 Å². The fourth-order valence-corrected chi connectivity index (χ4v) is 5.49. The van der Waals surface area contributed by atoms with Crippen LogP contribution in [0, 0.1) is 11.7 Å². The van der Waals surface area contributed by atoms with Crippen molar-refractivity contribution < 1.29 is 23.5 Å². The molecule has 1 aromatic rings. The first kappa shape index (κ1) is 23.6. The van der Waals surface area contributed by atoms with Gasteiger partial charge in [-0.1, -0.05) is 5.57 Å². The molecule has 2 atom stereocenters. The summed E-state index contributed by atoms with van der Waals surface area (Å²) in [6, 6.07) is 1.33. The average molecular weight is 459 g/mol. The molecule has 2 fully saturated rings. The lowest BCUT2D eigenvalue weighted by atomic mass is 9.92. The molecule has 1 amide bonds. The van der Waals surface area contributed by atoms with Gasteiger partial charge >= 0.3 is 12.1 Å². The van der Waals surface area contributed by atoms with Crippen LogP contribution in [0.25, 0.3) is 5.57 Å². The van der Waals surface area contributed by atoms with Crippen molar-refractivity contribution in [2.24, 2.45) is 5.92 Å². The minimum atomic E-state index is -0.558. The van der Waals surface area contributed by atoms with Crippen molar-refractivity contribution >= 4 is 23.3 Å². The zero-order valence-corrected chi connectivity index (χ0v) is 20.6. The molecule has 1 aromatic carbocycles. The Morgan fingerprint density at radius 2 is 1.94 bits per heavy atom. The molecule has 2 aliphatic heterocycles. The number of hydrogen-bond donors (Lipinski definition) is 0. The van der Waals surface area contributed by atoms with E-state index in [0.717, 1.165) is 35.1 Å². The average Bonchev–Trinajstić information content (AvgIpc) is 3.27. The van der Waals surface area contributed by atoms with Gasteiger partial charge in [-0.3, -0.25) is 0 Å². The van der Waals surface area contributed by atoms with Crippen LogP contribution < -0.4 is 4.90 Å². The van der Waals surface area contributed by atoms with Gasteiger partial charge in [-0.2, -0.15) is 0 Å². The van der Waals surface area contributed by atoms with Crippen LogP contribution in [0.5, 0.6) is 0 Å². The lowest BCUT2D eigenvalue weighted by molar-refractivity contribution is 0.00667. The van der Waals surface area contributed by atoms with E-state index in [1.165, 1.54) is 6.07 Å². The number of hydrogen-bond acceptors (Lipinski definition) is 5. The molecule has 0 saturated carbocycles. The quantitative estimate of drug-likeness (QED) is 0.584. The number of anilines is 1. The SMILES string of the molecule is CCOC(=O)c1cc(F)c(N2CC3CCCN(C(=O)OC(C)(C)C)C3C2)c2c1CC(C)=C2C. The molecule has 7 heteroatoms. The zero-order valence-electron chi connectivity index (χ0n) is 20.6. The highest BCUT2D eigenvalue weighted by Crippen LogP contribution is 2.45. The van der Waals surface area contributed by atoms with E-state index >= 15 is 4.39 Å². The van der Waals surface area contributed by atoms with Crippen molar-refractivity contribution in [3.63, 3.8) is 0 Å². The molecule has 2 unspecified atom stereocenters. The summed E-state index contributed by atoms with van der Waals surface area (Å²) in [7, 11) is 0. The summed E-state index contributed by atoms with van der Waals surface area (Å²) in [5.41, 5.74) is 4.12. The van der Waals surface area contributed by atoms with Crippen molar-refractivity contribution in [1.82, 2.24) is 4.90 Å². The first-order valence-corrected chi connectivity index (χ1v) is 12.0. The second-order valence-electron chi connectivity index (χ2n) is 10.5. The van der Waals surface area contributed by atoms with Crippen LogP contribution in [0.15, 0.2) is 11.6 Å². The van der Waals surface area contributed by atoms with Gasteiger partial charge in [0.15, 0.2) is 0 Å². The Kier molecular flexibility index (Phi) is 6.18.